The van der Waals surface area contributed by atoms with Gasteiger partial charge in [0, 0.05) is 46.1 Å². The lowest BCUT2D eigenvalue weighted by Crippen LogP contribution is -2.26. The summed E-state index contributed by atoms with van der Waals surface area (Å²) in [6, 6.07) is 10.0. The molecule has 1 N–H and O–H groups in total. The van der Waals surface area contributed by atoms with Crippen molar-refractivity contribution < 1.29 is 5.11 Å². The predicted octanol–water partition coefficient (Wildman–Crippen LogP) is 1.27. The zero-order valence-corrected chi connectivity index (χ0v) is 14.0. The van der Waals surface area contributed by atoms with E-state index in [1.807, 2.05) is 36.5 Å². The van der Waals surface area contributed by atoms with Crippen LogP contribution in [0.2, 0.25) is 0 Å². The Balaban J connectivity index is 1.85. The molecule has 6 nitrogen and oxygen atoms in total. The third-order valence-corrected chi connectivity index (χ3v) is 4.29. The number of fused-ring (bicyclic) bond motifs is 1. The maximum Gasteiger partial charge on any atom is 0.328 e. The van der Waals surface area contributed by atoms with Crippen LogP contribution in [0, 0.1) is 0 Å². The molecule has 0 aliphatic carbocycles. The van der Waals surface area contributed by atoms with Gasteiger partial charge in [-0.05, 0) is 29.3 Å². The fraction of sp³-hybridized carbons (Fsp3) is 0.333. The van der Waals surface area contributed by atoms with Crippen molar-refractivity contribution in [2.24, 2.45) is 14.1 Å². The third kappa shape index (κ3) is 3.25. The third-order valence-electron chi connectivity index (χ3n) is 4.29. The summed E-state index contributed by atoms with van der Waals surface area (Å²) in [5.41, 5.74) is 4.04. The summed E-state index contributed by atoms with van der Waals surface area (Å²) in [6.07, 6.45) is 3.60. The second-order valence-corrected chi connectivity index (χ2v) is 6.02. The number of aromatic nitrogens is 3. The molecule has 0 spiro atoms. The quantitative estimate of drug-likeness (QED) is 0.741. The molecule has 126 valence electrons. The van der Waals surface area contributed by atoms with E-state index in [-0.39, 0.29) is 12.3 Å². The van der Waals surface area contributed by atoms with E-state index in [2.05, 4.69) is 9.88 Å². The van der Waals surface area contributed by atoms with Crippen molar-refractivity contribution in [3.63, 3.8) is 0 Å². The van der Waals surface area contributed by atoms with E-state index < -0.39 is 0 Å². The predicted molar refractivity (Wildman–Crippen MR) is 93.6 cm³/mol. The van der Waals surface area contributed by atoms with Crippen LogP contribution in [0.5, 0.6) is 0 Å². The summed E-state index contributed by atoms with van der Waals surface area (Å²) in [6.45, 7) is 2.11. The van der Waals surface area contributed by atoms with Crippen LogP contribution in [0.4, 0.5) is 0 Å². The molecule has 0 atom stereocenters. The van der Waals surface area contributed by atoms with Crippen molar-refractivity contribution in [3.8, 4) is 0 Å². The first kappa shape index (κ1) is 16.4. The minimum absolute atomic E-state index is 0.0234. The number of pyridine rings is 1. The van der Waals surface area contributed by atoms with Gasteiger partial charge in [-0.3, -0.25) is 19.0 Å². The van der Waals surface area contributed by atoms with Gasteiger partial charge < -0.3 is 5.11 Å². The molecule has 0 amide bonds. The minimum Gasteiger partial charge on any atom is -0.395 e. The number of rotatable bonds is 6. The summed E-state index contributed by atoms with van der Waals surface area (Å²) < 4.78 is 3.32. The zero-order valence-electron chi connectivity index (χ0n) is 14.0. The Labute approximate surface area is 140 Å². The van der Waals surface area contributed by atoms with Gasteiger partial charge in [-0.1, -0.05) is 12.1 Å². The summed E-state index contributed by atoms with van der Waals surface area (Å²) in [7, 11) is 3.57. The molecule has 0 fully saturated rings. The maximum atomic E-state index is 12.0. The zero-order chi connectivity index (χ0) is 17.1. The Morgan fingerprint density at radius 2 is 1.83 bits per heavy atom. The minimum atomic E-state index is -0.0234. The van der Waals surface area contributed by atoms with Gasteiger partial charge in [0.15, 0.2) is 0 Å². The first-order chi connectivity index (χ1) is 11.6. The first-order valence-corrected chi connectivity index (χ1v) is 7.96. The highest BCUT2D eigenvalue weighted by Gasteiger charge is 2.11. The molecular weight excluding hydrogens is 304 g/mol. The van der Waals surface area contributed by atoms with Gasteiger partial charge in [0.2, 0.25) is 0 Å². The van der Waals surface area contributed by atoms with Gasteiger partial charge in [-0.25, -0.2) is 4.79 Å². The van der Waals surface area contributed by atoms with Crippen LogP contribution in [-0.2, 0) is 27.2 Å². The summed E-state index contributed by atoms with van der Waals surface area (Å²) in [4.78, 5) is 18.3. The molecule has 0 aliphatic rings. The molecule has 24 heavy (non-hydrogen) atoms. The van der Waals surface area contributed by atoms with Crippen molar-refractivity contribution in [2.75, 3.05) is 13.2 Å². The smallest absolute Gasteiger partial charge is 0.328 e. The van der Waals surface area contributed by atoms with E-state index >= 15 is 0 Å². The van der Waals surface area contributed by atoms with Crippen LogP contribution in [0.25, 0.3) is 11.0 Å². The van der Waals surface area contributed by atoms with Gasteiger partial charge in [0.25, 0.3) is 0 Å². The summed E-state index contributed by atoms with van der Waals surface area (Å²) >= 11 is 0. The number of benzene rings is 1. The SMILES string of the molecule is Cn1c(=O)n(C)c2cc(CN(CCO)Cc3cccnc3)ccc21. The van der Waals surface area contributed by atoms with E-state index in [1.54, 1.807) is 29.4 Å². The largest absolute Gasteiger partial charge is 0.395 e. The van der Waals surface area contributed by atoms with Crippen molar-refractivity contribution >= 4 is 11.0 Å². The number of aliphatic hydroxyl groups excluding tert-OH is 1. The van der Waals surface area contributed by atoms with Crippen molar-refractivity contribution in [1.82, 2.24) is 19.0 Å². The molecule has 2 heterocycles. The molecule has 0 radical (unpaired) electrons. The molecule has 3 rings (SSSR count). The lowest BCUT2D eigenvalue weighted by molar-refractivity contribution is 0.184. The summed E-state index contributed by atoms with van der Waals surface area (Å²) in [5.74, 6) is 0. The van der Waals surface area contributed by atoms with Crippen LogP contribution in [0.1, 0.15) is 11.1 Å². The highest BCUT2D eigenvalue weighted by atomic mass is 16.3. The molecular formula is C18H22N4O2. The Morgan fingerprint density at radius 1 is 1.08 bits per heavy atom. The lowest BCUT2D eigenvalue weighted by Gasteiger charge is -2.21. The molecule has 0 saturated carbocycles. The fourth-order valence-corrected chi connectivity index (χ4v) is 3.01. The monoisotopic (exact) mass is 326 g/mol. The van der Waals surface area contributed by atoms with Crippen LogP contribution < -0.4 is 5.69 Å². The number of aliphatic hydroxyl groups is 1. The summed E-state index contributed by atoms with van der Waals surface area (Å²) in [5, 5.41) is 9.34. The van der Waals surface area contributed by atoms with Crippen LogP contribution in [0.3, 0.4) is 0 Å². The molecule has 1 aromatic carbocycles. The number of imidazole rings is 1. The highest BCUT2D eigenvalue weighted by Crippen LogP contribution is 2.16. The Kier molecular flexibility index (Phi) is 4.78. The standard InChI is InChI=1S/C18H22N4O2/c1-20-16-6-5-14(10-17(16)21(2)18(20)24)12-22(8-9-23)13-15-4-3-7-19-11-15/h3-7,10-11,23H,8-9,12-13H2,1-2H3. The number of nitrogens with zero attached hydrogens (tertiary/aromatic N) is 4. The van der Waals surface area contributed by atoms with Gasteiger partial charge in [0.1, 0.15) is 0 Å². The van der Waals surface area contributed by atoms with Crippen LogP contribution in [-0.4, -0.2) is 37.3 Å². The Hall–Kier alpha value is -2.44. The fourth-order valence-electron chi connectivity index (χ4n) is 3.01. The molecule has 2 aromatic heterocycles. The van der Waals surface area contributed by atoms with E-state index in [0.717, 1.165) is 28.7 Å². The van der Waals surface area contributed by atoms with Gasteiger partial charge >= 0.3 is 5.69 Å². The molecule has 6 heteroatoms. The van der Waals surface area contributed by atoms with E-state index in [0.29, 0.717) is 13.1 Å². The molecule has 0 aliphatic heterocycles. The van der Waals surface area contributed by atoms with Gasteiger partial charge in [0.05, 0.1) is 17.6 Å². The Morgan fingerprint density at radius 3 is 2.54 bits per heavy atom. The van der Waals surface area contributed by atoms with E-state index in [4.69, 9.17) is 0 Å². The van der Waals surface area contributed by atoms with E-state index in [1.165, 1.54) is 0 Å². The highest BCUT2D eigenvalue weighted by molar-refractivity contribution is 5.76. The maximum absolute atomic E-state index is 12.0. The van der Waals surface area contributed by atoms with Crippen molar-refractivity contribution in [2.45, 2.75) is 13.1 Å². The topological polar surface area (TPSA) is 63.3 Å². The van der Waals surface area contributed by atoms with Crippen LogP contribution in [0.15, 0.2) is 47.5 Å². The average Bonchev–Trinajstić information content (AvgIpc) is 2.80. The first-order valence-electron chi connectivity index (χ1n) is 7.96. The number of aryl methyl sites for hydroxylation is 2. The number of hydrogen-bond acceptors (Lipinski definition) is 4. The second-order valence-electron chi connectivity index (χ2n) is 6.02. The normalized spacial score (nSPS) is 11.5. The molecule has 0 saturated heterocycles. The van der Waals surface area contributed by atoms with Crippen molar-refractivity contribution in [3.05, 3.63) is 64.3 Å². The second kappa shape index (κ2) is 6.98. The van der Waals surface area contributed by atoms with E-state index in [9.17, 15) is 9.90 Å². The van der Waals surface area contributed by atoms with Crippen molar-refractivity contribution in [1.29, 1.82) is 0 Å². The molecule has 3 aromatic rings. The Bertz CT molecular complexity index is 883. The average molecular weight is 326 g/mol. The van der Waals surface area contributed by atoms with Gasteiger partial charge in [-0.15, -0.1) is 0 Å². The molecule has 0 unspecified atom stereocenters. The lowest BCUT2D eigenvalue weighted by atomic mass is 10.1. The van der Waals surface area contributed by atoms with Gasteiger partial charge in [-0.2, -0.15) is 0 Å². The molecule has 0 bridgehead atoms. The van der Waals surface area contributed by atoms with Crippen LogP contribution >= 0.6 is 0 Å². The number of hydrogen-bond donors (Lipinski definition) is 1.